The van der Waals surface area contributed by atoms with Crippen molar-refractivity contribution in [3.63, 3.8) is 0 Å². The van der Waals surface area contributed by atoms with Crippen LogP contribution in [-0.4, -0.2) is 10.8 Å². The molecular weight excluding hydrogens is 176 g/mol. The van der Waals surface area contributed by atoms with Crippen LogP contribution in [0.15, 0.2) is 0 Å². The van der Waals surface area contributed by atoms with E-state index < -0.39 is 0 Å². The van der Waals surface area contributed by atoms with Crippen LogP contribution < -0.4 is 0 Å². The topological polar surface area (TPSA) is 53.8 Å². The molecule has 0 bridgehead atoms. The Bertz CT molecular complexity index is 469. The van der Waals surface area contributed by atoms with Crippen LogP contribution in [0.3, 0.4) is 0 Å². The first kappa shape index (κ1) is 8.89. The second kappa shape index (κ2) is 2.91. The number of pyridine rings is 1. The van der Waals surface area contributed by atoms with Gasteiger partial charge in [-0.15, -0.1) is 0 Å². The normalized spacial score (nSPS) is 13.9. The number of rotatable bonds is 0. The lowest BCUT2D eigenvalue weighted by atomic mass is 10.0. The first-order valence-electron chi connectivity index (χ1n) is 4.58. The van der Waals surface area contributed by atoms with E-state index in [9.17, 15) is 4.79 Å². The van der Waals surface area contributed by atoms with Crippen LogP contribution in [0.2, 0.25) is 0 Å². The van der Waals surface area contributed by atoms with Crippen molar-refractivity contribution in [2.75, 3.05) is 0 Å². The zero-order valence-corrected chi connectivity index (χ0v) is 8.22. The van der Waals surface area contributed by atoms with E-state index in [1.54, 1.807) is 0 Å². The van der Waals surface area contributed by atoms with Crippen LogP contribution in [0.25, 0.3) is 0 Å². The number of carbonyl (C=O) groups excluding carboxylic acids is 1. The summed E-state index contributed by atoms with van der Waals surface area (Å²) in [6, 6.07) is 2.10. The minimum atomic E-state index is 0.126. The number of aryl methyl sites for hydroxylation is 2. The van der Waals surface area contributed by atoms with Gasteiger partial charge < -0.3 is 0 Å². The van der Waals surface area contributed by atoms with Crippen molar-refractivity contribution in [2.45, 2.75) is 26.7 Å². The number of nitriles is 1. The molecule has 1 aliphatic carbocycles. The highest BCUT2D eigenvalue weighted by molar-refractivity contribution is 6.01. The number of ketones is 1. The fourth-order valence-corrected chi connectivity index (χ4v) is 2.00. The molecule has 3 heteroatoms. The highest BCUT2D eigenvalue weighted by atomic mass is 16.1. The highest BCUT2D eigenvalue weighted by Gasteiger charge is 2.25. The molecule has 0 saturated heterocycles. The predicted molar refractivity (Wildman–Crippen MR) is 51.1 cm³/mol. The molecule has 0 fully saturated rings. The lowest BCUT2D eigenvalue weighted by molar-refractivity contribution is 0.0994. The van der Waals surface area contributed by atoms with Crippen LogP contribution in [0, 0.1) is 25.2 Å². The second-order valence-electron chi connectivity index (χ2n) is 3.55. The third-order valence-corrected chi connectivity index (χ3v) is 2.68. The molecule has 0 N–H and O–H groups in total. The lowest BCUT2D eigenvalue weighted by Crippen LogP contribution is -2.03. The summed E-state index contributed by atoms with van der Waals surface area (Å²) in [5.41, 5.74) is 3.64. The van der Waals surface area contributed by atoms with Gasteiger partial charge in [0.2, 0.25) is 0 Å². The number of aromatic nitrogens is 1. The van der Waals surface area contributed by atoms with E-state index in [0.29, 0.717) is 17.5 Å². The van der Waals surface area contributed by atoms with Gasteiger partial charge in [-0.25, -0.2) is 0 Å². The highest BCUT2D eigenvalue weighted by Crippen LogP contribution is 2.26. The number of hydrogen-bond donors (Lipinski definition) is 0. The van der Waals surface area contributed by atoms with Crippen LogP contribution in [0.1, 0.15) is 39.3 Å². The maximum Gasteiger partial charge on any atom is 0.165 e. The monoisotopic (exact) mass is 186 g/mol. The van der Waals surface area contributed by atoms with Crippen LogP contribution in [0.4, 0.5) is 0 Å². The van der Waals surface area contributed by atoms with Crippen LogP contribution in [-0.2, 0) is 6.42 Å². The van der Waals surface area contributed by atoms with Gasteiger partial charge in [0, 0.05) is 12.0 Å². The predicted octanol–water partition coefficient (Wildman–Crippen LogP) is 1.70. The summed E-state index contributed by atoms with van der Waals surface area (Å²) < 4.78 is 0. The quantitative estimate of drug-likeness (QED) is 0.619. The van der Waals surface area contributed by atoms with Gasteiger partial charge in [-0.05, 0) is 25.8 Å². The van der Waals surface area contributed by atoms with E-state index in [4.69, 9.17) is 5.26 Å². The molecule has 70 valence electrons. The fraction of sp³-hybridized carbons (Fsp3) is 0.364. The summed E-state index contributed by atoms with van der Waals surface area (Å²) in [7, 11) is 0. The Morgan fingerprint density at radius 3 is 2.71 bits per heavy atom. The summed E-state index contributed by atoms with van der Waals surface area (Å²) in [6.07, 6.45) is 1.26. The zero-order valence-electron chi connectivity index (χ0n) is 8.22. The Hall–Kier alpha value is -1.69. The smallest absolute Gasteiger partial charge is 0.165 e. The molecule has 0 amide bonds. The van der Waals surface area contributed by atoms with Gasteiger partial charge >= 0.3 is 0 Å². The van der Waals surface area contributed by atoms with Gasteiger partial charge in [0.25, 0.3) is 0 Å². The molecule has 3 nitrogen and oxygen atoms in total. The number of Topliss-reactive ketones (excluding diaryl/α,β-unsaturated/α-hetero) is 1. The number of nitrogens with zero attached hydrogens (tertiary/aromatic N) is 2. The summed E-state index contributed by atoms with van der Waals surface area (Å²) >= 11 is 0. The Labute approximate surface area is 82.4 Å². The lowest BCUT2D eigenvalue weighted by Gasteiger charge is -2.06. The van der Waals surface area contributed by atoms with E-state index in [0.717, 1.165) is 23.4 Å². The minimum Gasteiger partial charge on any atom is -0.294 e. The van der Waals surface area contributed by atoms with E-state index in [2.05, 4.69) is 11.1 Å². The summed E-state index contributed by atoms with van der Waals surface area (Å²) in [5, 5.41) is 8.92. The van der Waals surface area contributed by atoms with Crippen LogP contribution >= 0.6 is 0 Å². The first-order valence-corrected chi connectivity index (χ1v) is 4.58. The third kappa shape index (κ3) is 1.04. The largest absolute Gasteiger partial charge is 0.294 e. The van der Waals surface area contributed by atoms with Gasteiger partial charge in [-0.2, -0.15) is 5.26 Å². The molecule has 0 unspecified atom stereocenters. The molecule has 0 aliphatic heterocycles. The number of fused-ring (bicyclic) bond motifs is 1. The SMILES string of the molecule is Cc1nc2c(c(C)c1C#N)C(=O)CC2. The number of carbonyl (C=O) groups is 1. The van der Waals surface area contributed by atoms with E-state index >= 15 is 0 Å². The van der Waals surface area contributed by atoms with Crippen molar-refractivity contribution in [3.8, 4) is 6.07 Å². The van der Waals surface area contributed by atoms with Gasteiger partial charge in [0.15, 0.2) is 5.78 Å². The molecular formula is C11H10N2O. The van der Waals surface area contributed by atoms with Gasteiger partial charge in [-0.3, -0.25) is 9.78 Å². The summed E-state index contributed by atoms with van der Waals surface area (Å²) in [4.78, 5) is 15.8. The average molecular weight is 186 g/mol. The second-order valence-corrected chi connectivity index (χ2v) is 3.55. The average Bonchev–Trinajstić information content (AvgIpc) is 2.48. The maximum atomic E-state index is 11.5. The molecule has 0 spiro atoms. The minimum absolute atomic E-state index is 0.126. The maximum absolute atomic E-state index is 11.5. The number of hydrogen-bond acceptors (Lipinski definition) is 3. The third-order valence-electron chi connectivity index (χ3n) is 2.68. The van der Waals surface area contributed by atoms with Crippen molar-refractivity contribution >= 4 is 5.78 Å². The molecule has 0 aromatic carbocycles. The Balaban J connectivity index is 2.78. The Kier molecular flexibility index (Phi) is 1.85. The summed E-state index contributed by atoms with van der Waals surface area (Å²) in [5.74, 6) is 0.126. The van der Waals surface area contributed by atoms with Crippen LogP contribution in [0.5, 0.6) is 0 Å². The fourth-order valence-electron chi connectivity index (χ4n) is 2.00. The molecule has 14 heavy (non-hydrogen) atoms. The molecule has 1 aromatic rings. The van der Waals surface area contributed by atoms with Gasteiger partial charge in [-0.1, -0.05) is 0 Å². The molecule has 1 aromatic heterocycles. The van der Waals surface area contributed by atoms with Gasteiger partial charge in [0.05, 0.1) is 17.0 Å². The molecule has 1 aliphatic rings. The molecule has 0 atom stereocenters. The van der Waals surface area contributed by atoms with E-state index in [-0.39, 0.29) is 5.78 Å². The zero-order chi connectivity index (χ0) is 10.3. The molecule has 0 saturated carbocycles. The standard InChI is InChI=1S/C11H10N2O/c1-6-8(5-12)7(2)13-9-3-4-10(14)11(6)9/h3-4H2,1-2H3. The van der Waals surface area contributed by atoms with E-state index in [1.807, 2.05) is 13.8 Å². The van der Waals surface area contributed by atoms with Crippen molar-refractivity contribution in [2.24, 2.45) is 0 Å². The molecule has 1 heterocycles. The molecule has 2 rings (SSSR count). The Morgan fingerprint density at radius 2 is 2.07 bits per heavy atom. The first-order chi connectivity index (χ1) is 6.65. The van der Waals surface area contributed by atoms with Crippen molar-refractivity contribution in [1.29, 1.82) is 5.26 Å². The Morgan fingerprint density at radius 1 is 1.36 bits per heavy atom. The van der Waals surface area contributed by atoms with Crippen molar-refractivity contribution in [3.05, 3.63) is 28.1 Å². The van der Waals surface area contributed by atoms with Crippen molar-refractivity contribution < 1.29 is 4.79 Å². The van der Waals surface area contributed by atoms with Crippen molar-refractivity contribution in [1.82, 2.24) is 4.98 Å². The van der Waals surface area contributed by atoms with Gasteiger partial charge in [0.1, 0.15) is 6.07 Å². The summed E-state index contributed by atoms with van der Waals surface area (Å²) in [6.45, 7) is 3.64. The molecule has 0 radical (unpaired) electrons. The van der Waals surface area contributed by atoms with E-state index in [1.165, 1.54) is 0 Å².